The normalized spacial score (nSPS) is 22.5. The Bertz CT molecular complexity index is 516. The van der Waals surface area contributed by atoms with Crippen LogP contribution in [-0.4, -0.2) is 37.0 Å². The summed E-state index contributed by atoms with van der Waals surface area (Å²) in [5.41, 5.74) is 2.65. The summed E-state index contributed by atoms with van der Waals surface area (Å²) >= 11 is 3.53. The van der Waals surface area contributed by atoms with Crippen LogP contribution in [0.1, 0.15) is 24.0 Å². The van der Waals surface area contributed by atoms with E-state index in [1.54, 1.807) is 7.11 Å². The Hall–Kier alpha value is -1.07. The molecule has 2 aliphatic heterocycles. The molecule has 0 aromatic heterocycles. The SMILES string of the molecule is COc1cc(Br)cc2c1CN(C[C@@H]1CCC(=O)N1)CC2. The largest absolute Gasteiger partial charge is 0.496 e. The van der Waals surface area contributed by atoms with Gasteiger partial charge in [-0.3, -0.25) is 9.69 Å². The van der Waals surface area contributed by atoms with Gasteiger partial charge in [-0.15, -0.1) is 0 Å². The van der Waals surface area contributed by atoms with Gasteiger partial charge in [0.15, 0.2) is 0 Å². The molecule has 0 aliphatic carbocycles. The quantitative estimate of drug-likeness (QED) is 0.917. The highest BCUT2D eigenvalue weighted by molar-refractivity contribution is 9.10. The summed E-state index contributed by atoms with van der Waals surface area (Å²) in [6, 6.07) is 4.53. The van der Waals surface area contributed by atoms with Gasteiger partial charge < -0.3 is 10.1 Å². The number of nitrogens with one attached hydrogen (secondary N) is 1. The van der Waals surface area contributed by atoms with Crippen LogP contribution in [0.2, 0.25) is 0 Å². The highest BCUT2D eigenvalue weighted by atomic mass is 79.9. The molecule has 2 aliphatic rings. The number of amides is 1. The molecule has 1 fully saturated rings. The highest BCUT2D eigenvalue weighted by Gasteiger charge is 2.26. The second-order valence-electron chi connectivity index (χ2n) is 5.53. The van der Waals surface area contributed by atoms with Gasteiger partial charge in [0.05, 0.1) is 7.11 Å². The molecule has 4 nitrogen and oxygen atoms in total. The van der Waals surface area contributed by atoms with Crippen molar-refractivity contribution in [2.24, 2.45) is 0 Å². The summed E-state index contributed by atoms with van der Waals surface area (Å²) in [6.45, 7) is 2.88. The number of ether oxygens (including phenoxy) is 1. The Balaban J connectivity index is 1.73. The maximum atomic E-state index is 11.3. The van der Waals surface area contributed by atoms with E-state index in [9.17, 15) is 4.79 Å². The average Bonchev–Trinajstić information content (AvgIpc) is 2.83. The van der Waals surface area contributed by atoms with E-state index in [0.717, 1.165) is 42.7 Å². The number of carbonyl (C=O) groups is 1. The summed E-state index contributed by atoms with van der Waals surface area (Å²) in [7, 11) is 1.72. The van der Waals surface area contributed by atoms with E-state index in [4.69, 9.17) is 4.74 Å². The van der Waals surface area contributed by atoms with Crippen molar-refractivity contribution in [3.05, 3.63) is 27.7 Å². The molecule has 3 rings (SSSR count). The monoisotopic (exact) mass is 338 g/mol. The van der Waals surface area contributed by atoms with Gasteiger partial charge in [-0.1, -0.05) is 15.9 Å². The molecule has 1 aromatic carbocycles. The summed E-state index contributed by atoms with van der Waals surface area (Å²) in [6.07, 6.45) is 2.66. The van der Waals surface area contributed by atoms with Gasteiger partial charge in [0.2, 0.25) is 5.91 Å². The first kappa shape index (κ1) is 13.9. The maximum absolute atomic E-state index is 11.3. The predicted molar refractivity (Wildman–Crippen MR) is 80.8 cm³/mol. The van der Waals surface area contributed by atoms with Crippen LogP contribution in [0.15, 0.2) is 16.6 Å². The number of benzene rings is 1. The summed E-state index contributed by atoms with van der Waals surface area (Å²) < 4.78 is 6.58. The second kappa shape index (κ2) is 5.74. The summed E-state index contributed by atoms with van der Waals surface area (Å²) in [4.78, 5) is 13.7. The third kappa shape index (κ3) is 2.83. The van der Waals surface area contributed by atoms with Gasteiger partial charge in [0, 0.05) is 42.1 Å². The summed E-state index contributed by atoms with van der Waals surface area (Å²) in [5.74, 6) is 1.14. The molecule has 0 unspecified atom stereocenters. The zero-order valence-corrected chi connectivity index (χ0v) is 13.2. The van der Waals surface area contributed by atoms with Crippen LogP contribution < -0.4 is 10.1 Å². The first-order valence-electron chi connectivity index (χ1n) is 7.02. The number of hydrogen-bond acceptors (Lipinski definition) is 3. The molecule has 0 saturated carbocycles. The lowest BCUT2D eigenvalue weighted by molar-refractivity contribution is -0.119. The third-order valence-corrected chi connectivity index (χ3v) is 4.59. The van der Waals surface area contributed by atoms with Crippen molar-refractivity contribution in [3.8, 4) is 5.75 Å². The minimum Gasteiger partial charge on any atom is -0.496 e. The second-order valence-corrected chi connectivity index (χ2v) is 6.45. The van der Waals surface area contributed by atoms with Crippen LogP contribution in [0.25, 0.3) is 0 Å². The van der Waals surface area contributed by atoms with E-state index in [2.05, 4.69) is 32.2 Å². The van der Waals surface area contributed by atoms with Gasteiger partial charge in [-0.05, 0) is 30.5 Å². The van der Waals surface area contributed by atoms with E-state index < -0.39 is 0 Å². The molecular weight excluding hydrogens is 320 g/mol. The molecule has 1 saturated heterocycles. The van der Waals surface area contributed by atoms with Gasteiger partial charge >= 0.3 is 0 Å². The fourth-order valence-corrected chi connectivity index (χ4v) is 3.60. The molecular formula is C15H19BrN2O2. The number of hydrogen-bond donors (Lipinski definition) is 1. The van der Waals surface area contributed by atoms with E-state index in [-0.39, 0.29) is 5.91 Å². The molecule has 1 N–H and O–H groups in total. The average molecular weight is 339 g/mol. The zero-order chi connectivity index (χ0) is 14.1. The molecule has 1 aromatic rings. The van der Waals surface area contributed by atoms with E-state index >= 15 is 0 Å². The van der Waals surface area contributed by atoms with Crippen molar-refractivity contribution in [2.75, 3.05) is 20.2 Å². The van der Waals surface area contributed by atoms with Crippen molar-refractivity contribution < 1.29 is 9.53 Å². The lowest BCUT2D eigenvalue weighted by Crippen LogP contribution is -2.41. The lowest BCUT2D eigenvalue weighted by atomic mass is 9.98. The molecule has 1 amide bonds. The minimum atomic E-state index is 0.189. The van der Waals surface area contributed by atoms with E-state index in [1.807, 2.05) is 6.07 Å². The van der Waals surface area contributed by atoms with Crippen molar-refractivity contribution in [2.45, 2.75) is 31.8 Å². The van der Waals surface area contributed by atoms with Gasteiger partial charge in [0.1, 0.15) is 5.75 Å². The van der Waals surface area contributed by atoms with E-state index in [0.29, 0.717) is 12.5 Å². The standard InChI is InChI=1S/C15H19BrN2O2/c1-20-14-7-11(16)6-10-4-5-18(9-13(10)14)8-12-2-3-15(19)17-12/h6-7,12H,2-5,8-9H2,1H3,(H,17,19)/t12-/m0/s1. The lowest BCUT2D eigenvalue weighted by Gasteiger charge is -2.31. The van der Waals surface area contributed by atoms with Gasteiger partial charge in [0.25, 0.3) is 0 Å². The predicted octanol–water partition coefficient (Wildman–Crippen LogP) is 2.09. The number of methoxy groups -OCH3 is 1. The minimum absolute atomic E-state index is 0.189. The van der Waals surface area contributed by atoms with Crippen LogP contribution in [-0.2, 0) is 17.8 Å². The first-order valence-corrected chi connectivity index (χ1v) is 7.82. The third-order valence-electron chi connectivity index (χ3n) is 4.13. The number of halogens is 1. The molecule has 1 atom stereocenters. The Morgan fingerprint density at radius 1 is 1.45 bits per heavy atom. The van der Waals surface area contributed by atoms with Crippen molar-refractivity contribution in [1.29, 1.82) is 0 Å². The van der Waals surface area contributed by atoms with Crippen molar-refractivity contribution in [1.82, 2.24) is 10.2 Å². The van der Waals surface area contributed by atoms with E-state index in [1.165, 1.54) is 11.1 Å². The number of nitrogens with zero attached hydrogens (tertiary/aromatic N) is 1. The smallest absolute Gasteiger partial charge is 0.220 e. The molecule has 0 spiro atoms. The fraction of sp³-hybridized carbons (Fsp3) is 0.533. The number of rotatable bonds is 3. The van der Waals surface area contributed by atoms with Crippen LogP contribution in [0, 0.1) is 0 Å². The van der Waals surface area contributed by atoms with Crippen LogP contribution >= 0.6 is 15.9 Å². The Morgan fingerprint density at radius 3 is 3.00 bits per heavy atom. The fourth-order valence-electron chi connectivity index (χ4n) is 3.11. The Labute approximate surface area is 127 Å². The Kier molecular flexibility index (Phi) is 3.98. The van der Waals surface area contributed by atoms with Crippen LogP contribution in [0.4, 0.5) is 0 Å². The molecule has 0 radical (unpaired) electrons. The zero-order valence-electron chi connectivity index (χ0n) is 11.6. The Morgan fingerprint density at radius 2 is 2.30 bits per heavy atom. The van der Waals surface area contributed by atoms with Crippen LogP contribution in [0.5, 0.6) is 5.75 Å². The molecule has 108 valence electrons. The molecule has 2 heterocycles. The number of fused-ring (bicyclic) bond motifs is 1. The summed E-state index contributed by atoms with van der Waals surface area (Å²) in [5, 5.41) is 3.04. The molecule has 20 heavy (non-hydrogen) atoms. The van der Waals surface area contributed by atoms with Crippen molar-refractivity contribution in [3.63, 3.8) is 0 Å². The maximum Gasteiger partial charge on any atom is 0.220 e. The first-order chi connectivity index (χ1) is 9.65. The van der Waals surface area contributed by atoms with Crippen LogP contribution in [0.3, 0.4) is 0 Å². The highest BCUT2D eigenvalue weighted by Crippen LogP contribution is 2.32. The van der Waals surface area contributed by atoms with Gasteiger partial charge in [-0.25, -0.2) is 0 Å². The van der Waals surface area contributed by atoms with Gasteiger partial charge in [-0.2, -0.15) is 0 Å². The topological polar surface area (TPSA) is 41.6 Å². The number of carbonyl (C=O) groups excluding carboxylic acids is 1. The molecule has 0 bridgehead atoms. The van der Waals surface area contributed by atoms with Crippen molar-refractivity contribution >= 4 is 21.8 Å². The molecule has 5 heteroatoms.